The van der Waals surface area contributed by atoms with E-state index >= 15 is 0 Å². The molecule has 0 bridgehead atoms. The van der Waals surface area contributed by atoms with Gasteiger partial charge in [-0.3, -0.25) is 0 Å². The summed E-state index contributed by atoms with van der Waals surface area (Å²) in [5, 5.41) is 3.45. The zero-order chi connectivity index (χ0) is 15.2. The van der Waals surface area contributed by atoms with E-state index in [9.17, 15) is 0 Å². The van der Waals surface area contributed by atoms with Crippen LogP contribution >= 0.6 is 0 Å². The highest BCUT2D eigenvalue weighted by atomic mass is 16.5. The van der Waals surface area contributed by atoms with E-state index in [1.54, 1.807) is 13.3 Å². The molecule has 1 N–H and O–H groups in total. The molecule has 2 rings (SSSR count). The van der Waals surface area contributed by atoms with Gasteiger partial charge < -0.3 is 10.1 Å². The number of methoxy groups -OCH3 is 1. The third-order valence-corrected chi connectivity index (χ3v) is 3.46. The monoisotopic (exact) mass is 284 g/mol. The Balaban J connectivity index is 2.07. The molecule has 1 unspecified atom stereocenters. The smallest absolute Gasteiger partial charge is 0.237 e. The molecule has 0 aliphatic rings. The highest BCUT2D eigenvalue weighted by molar-refractivity contribution is 5.53. The zero-order valence-electron chi connectivity index (χ0n) is 13.3. The maximum atomic E-state index is 5.27. The second-order valence-electron chi connectivity index (χ2n) is 5.77. The fourth-order valence-corrected chi connectivity index (χ4v) is 2.39. The van der Waals surface area contributed by atoms with Gasteiger partial charge in [0.05, 0.1) is 12.8 Å². The normalized spacial score (nSPS) is 12.2. The summed E-state index contributed by atoms with van der Waals surface area (Å²) in [6, 6.07) is 12.9. The summed E-state index contributed by atoms with van der Waals surface area (Å²) in [4.78, 5) is 4.21. The molecule has 3 heteroatoms. The van der Waals surface area contributed by atoms with Crippen LogP contribution in [0.2, 0.25) is 0 Å². The molecule has 0 radical (unpaired) electrons. The van der Waals surface area contributed by atoms with Crippen molar-refractivity contribution in [2.24, 2.45) is 5.92 Å². The number of ether oxygens (including phenoxy) is 1. The van der Waals surface area contributed by atoms with Crippen LogP contribution in [0.3, 0.4) is 0 Å². The van der Waals surface area contributed by atoms with Gasteiger partial charge in [-0.2, -0.15) is 0 Å². The molecule has 0 fully saturated rings. The number of pyridine rings is 1. The van der Waals surface area contributed by atoms with Gasteiger partial charge in [0, 0.05) is 12.2 Å². The van der Waals surface area contributed by atoms with Gasteiger partial charge in [0.1, 0.15) is 0 Å². The van der Waals surface area contributed by atoms with Crippen LogP contribution in [0.1, 0.15) is 37.9 Å². The maximum Gasteiger partial charge on any atom is 0.237 e. The number of nitrogens with one attached hydrogen (secondary N) is 1. The third kappa shape index (κ3) is 4.22. The molecule has 2 aromatic rings. The average molecular weight is 284 g/mol. The molecular weight excluding hydrogens is 260 g/mol. The quantitative estimate of drug-likeness (QED) is 0.850. The van der Waals surface area contributed by atoms with Crippen LogP contribution in [-0.4, -0.2) is 12.1 Å². The molecule has 112 valence electrons. The zero-order valence-corrected chi connectivity index (χ0v) is 13.3. The lowest BCUT2D eigenvalue weighted by Gasteiger charge is -2.17. The van der Waals surface area contributed by atoms with E-state index in [0.717, 1.165) is 12.1 Å². The van der Waals surface area contributed by atoms with E-state index in [4.69, 9.17) is 4.74 Å². The standard InChI is InChI=1S/C18H24N2O/c1-13(2)12-15-7-9-16(10-8-15)14(3)20-17-6-5-11-19-18(17)21-4/h5-11,13-14,20H,12H2,1-4H3. The fourth-order valence-electron chi connectivity index (χ4n) is 2.39. The Kier molecular flexibility index (Phi) is 5.20. The molecule has 1 heterocycles. The molecule has 0 aliphatic carbocycles. The molecule has 1 aromatic heterocycles. The van der Waals surface area contributed by atoms with Gasteiger partial charge in [-0.05, 0) is 42.5 Å². The van der Waals surface area contributed by atoms with Crippen molar-refractivity contribution >= 4 is 5.69 Å². The first-order valence-corrected chi connectivity index (χ1v) is 7.44. The van der Waals surface area contributed by atoms with Crippen LogP contribution in [-0.2, 0) is 6.42 Å². The molecule has 0 aliphatic heterocycles. The van der Waals surface area contributed by atoms with Crippen molar-refractivity contribution < 1.29 is 4.74 Å². The van der Waals surface area contributed by atoms with Crippen LogP contribution in [0.4, 0.5) is 5.69 Å². The Bertz CT molecular complexity index is 564. The third-order valence-electron chi connectivity index (χ3n) is 3.46. The summed E-state index contributed by atoms with van der Waals surface area (Å²) < 4.78 is 5.27. The van der Waals surface area contributed by atoms with Gasteiger partial charge in [-0.1, -0.05) is 38.1 Å². The van der Waals surface area contributed by atoms with E-state index in [1.807, 2.05) is 12.1 Å². The predicted molar refractivity (Wildman–Crippen MR) is 87.8 cm³/mol. The van der Waals surface area contributed by atoms with E-state index in [2.05, 4.69) is 55.3 Å². The summed E-state index contributed by atoms with van der Waals surface area (Å²) >= 11 is 0. The number of hydrogen-bond donors (Lipinski definition) is 1. The molecular formula is C18H24N2O. The minimum absolute atomic E-state index is 0.205. The molecule has 0 saturated heterocycles. The second-order valence-corrected chi connectivity index (χ2v) is 5.77. The lowest BCUT2D eigenvalue weighted by atomic mass is 10.00. The summed E-state index contributed by atoms with van der Waals surface area (Å²) in [5.41, 5.74) is 3.56. The van der Waals surface area contributed by atoms with E-state index < -0.39 is 0 Å². The van der Waals surface area contributed by atoms with Crippen molar-refractivity contribution in [1.29, 1.82) is 0 Å². The summed E-state index contributed by atoms with van der Waals surface area (Å²) in [7, 11) is 1.64. The van der Waals surface area contributed by atoms with Gasteiger partial charge in [0.2, 0.25) is 5.88 Å². The van der Waals surface area contributed by atoms with Crippen molar-refractivity contribution in [3.8, 4) is 5.88 Å². The number of hydrogen-bond acceptors (Lipinski definition) is 3. The van der Waals surface area contributed by atoms with Gasteiger partial charge >= 0.3 is 0 Å². The summed E-state index contributed by atoms with van der Waals surface area (Å²) in [6.07, 6.45) is 2.86. The van der Waals surface area contributed by atoms with E-state index in [-0.39, 0.29) is 6.04 Å². The molecule has 0 amide bonds. The van der Waals surface area contributed by atoms with Gasteiger partial charge in [-0.15, -0.1) is 0 Å². The van der Waals surface area contributed by atoms with Crippen molar-refractivity contribution in [2.45, 2.75) is 33.2 Å². The predicted octanol–water partition coefficient (Wildman–Crippen LogP) is 4.46. The Hall–Kier alpha value is -2.03. The lowest BCUT2D eigenvalue weighted by molar-refractivity contribution is 0.399. The van der Waals surface area contributed by atoms with Crippen molar-refractivity contribution in [2.75, 3.05) is 12.4 Å². The molecule has 0 saturated carbocycles. The van der Waals surface area contributed by atoms with Crippen molar-refractivity contribution in [1.82, 2.24) is 4.98 Å². The largest absolute Gasteiger partial charge is 0.480 e. The van der Waals surface area contributed by atoms with Crippen molar-refractivity contribution in [3.05, 3.63) is 53.7 Å². The number of nitrogens with zero attached hydrogens (tertiary/aromatic N) is 1. The Morgan fingerprint density at radius 1 is 1.10 bits per heavy atom. The Labute approximate surface area is 127 Å². The first-order valence-electron chi connectivity index (χ1n) is 7.44. The summed E-state index contributed by atoms with van der Waals surface area (Å²) in [5.74, 6) is 1.31. The van der Waals surface area contributed by atoms with Crippen molar-refractivity contribution in [3.63, 3.8) is 0 Å². The molecule has 0 spiro atoms. The lowest BCUT2D eigenvalue weighted by Crippen LogP contribution is -2.08. The van der Waals surface area contributed by atoms with Crippen LogP contribution in [0.25, 0.3) is 0 Å². The molecule has 1 aromatic carbocycles. The highest BCUT2D eigenvalue weighted by Crippen LogP contribution is 2.26. The minimum atomic E-state index is 0.205. The Morgan fingerprint density at radius 3 is 2.43 bits per heavy atom. The van der Waals surface area contributed by atoms with Crippen LogP contribution in [0.5, 0.6) is 5.88 Å². The number of rotatable bonds is 6. The van der Waals surface area contributed by atoms with Gasteiger partial charge in [-0.25, -0.2) is 4.98 Å². The SMILES string of the molecule is COc1ncccc1NC(C)c1ccc(CC(C)C)cc1. The minimum Gasteiger partial charge on any atom is -0.480 e. The first-order chi connectivity index (χ1) is 10.1. The highest BCUT2D eigenvalue weighted by Gasteiger charge is 2.09. The Morgan fingerprint density at radius 2 is 1.81 bits per heavy atom. The summed E-state index contributed by atoms with van der Waals surface area (Å²) in [6.45, 7) is 6.63. The van der Waals surface area contributed by atoms with Gasteiger partial charge in [0.15, 0.2) is 0 Å². The molecule has 3 nitrogen and oxygen atoms in total. The maximum absolute atomic E-state index is 5.27. The van der Waals surface area contributed by atoms with Crippen LogP contribution in [0.15, 0.2) is 42.6 Å². The van der Waals surface area contributed by atoms with E-state index in [1.165, 1.54) is 11.1 Å². The number of anilines is 1. The van der Waals surface area contributed by atoms with E-state index in [0.29, 0.717) is 11.8 Å². The molecule has 1 atom stereocenters. The topological polar surface area (TPSA) is 34.1 Å². The molecule has 21 heavy (non-hydrogen) atoms. The van der Waals surface area contributed by atoms with Crippen LogP contribution in [0, 0.1) is 5.92 Å². The number of benzene rings is 1. The van der Waals surface area contributed by atoms with Crippen LogP contribution < -0.4 is 10.1 Å². The number of aromatic nitrogens is 1. The fraction of sp³-hybridized carbons (Fsp3) is 0.389. The second kappa shape index (κ2) is 7.11. The average Bonchev–Trinajstić information content (AvgIpc) is 2.48. The first kappa shape index (κ1) is 15.4. The van der Waals surface area contributed by atoms with Gasteiger partial charge in [0.25, 0.3) is 0 Å².